The first-order valence-electron chi connectivity index (χ1n) is 5.75. The molecule has 94 valence electrons. The number of amides is 1. The lowest BCUT2D eigenvalue weighted by molar-refractivity contribution is 0.100. The molecule has 0 radical (unpaired) electrons. The molecule has 1 aromatic heterocycles. The van der Waals surface area contributed by atoms with E-state index in [9.17, 15) is 4.79 Å². The highest BCUT2D eigenvalue weighted by molar-refractivity contribution is 5.95. The highest BCUT2D eigenvalue weighted by Crippen LogP contribution is 2.24. The number of aryl methyl sites for hydroxylation is 2. The molecule has 0 aliphatic rings. The SMILES string of the molecule is Cc1cc(-c2ccc(C(=O)N=[N+]=[N-])cc2C)ccn1. The number of azide groups is 1. The van der Waals surface area contributed by atoms with E-state index in [-0.39, 0.29) is 0 Å². The van der Waals surface area contributed by atoms with Crippen LogP contribution in [0.5, 0.6) is 0 Å². The Labute approximate surface area is 110 Å². The first-order valence-corrected chi connectivity index (χ1v) is 5.75. The minimum atomic E-state index is -0.567. The molecule has 1 aromatic carbocycles. The van der Waals surface area contributed by atoms with Crippen molar-refractivity contribution in [1.29, 1.82) is 0 Å². The molecular formula is C14H12N4O. The van der Waals surface area contributed by atoms with E-state index in [1.54, 1.807) is 18.3 Å². The summed E-state index contributed by atoms with van der Waals surface area (Å²) in [6.07, 6.45) is 1.75. The van der Waals surface area contributed by atoms with E-state index >= 15 is 0 Å². The summed E-state index contributed by atoms with van der Waals surface area (Å²) in [6.45, 7) is 3.84. The maximum atomic E-state index is 11.5. The van der Waals surface area contributed by atoms with Crippen molar-refractivity contribution in [3.05, 3.63) is 63.8 Å². The van der Waals surface area contributed by atoms with Crippen LogP contribution >= 0.6 is 0 Å². The van der Waals surface area contributed by atoms with Gasteiger partial charge in [-0.15, -0.1) is 0 Å². The molecule has 19 heavy (non-hydrogen) atoms. The van der Waals surface area contributed by atoms with Crippen LogP contribution in [0.1, 0.15) is 21.6 Å². The number of hydrogen-bond donors (Lipinski definition) is 0. The van der Waals surface area contributed by atoms with Crippen LogP contribution < -0.4 is 0 Å². The molecule has 0 unspecified atom stereocenters. The Bertz CT molecular complexity index is 688. The Morgan fingerprint density at radius 2 is 2.05 bits per heavy atom. The lowest BCUT2D eigenvalue weighted by Gasteiger charge is -2.07. The third-order valence-corrected chi connectivity index (χ3v) is 2.82. The zero-order valence-electron chi connectivity index (χ0n) is 10.7. The van der Waals surface area contributed by atoms with Gasteiger partial charge in [0.25, 0.3) is 0 Å². The highest BCUT2D eigenvalue weighted by atomic mass is 16.1. The van der Waals surface area contributed by atoms with Crippen LogP contribution in [0.2, 0.25) is 0 Å². The maximum absolute atomic E-state index is 11.5. The molecule has 0 saturated heterocycles. The Hall–Kier alpha value is -2.65. The summed E-state index contributed by atoms with van der Waals surface area (Å²) in [6, 6.07) is 9.14. The molecule has 1 heterocycles. The van der Waals surface area contributed by atoms with Gasteiger partial charge in [0.15, 0.2) is 0 Å². The van der Waals surface area contributed by atoms with Gasteiger partial charge >= 0.3 is 0 Å². The summed E-state index contributed by atoms with van der Waals surface area (Å²) in [5.74, 6) is -0.567. The van der Waals surface area contributed by atoms with Crippen LogP contribution in [0, 0.1) is 13.8 Å². The first kappa shape index (κ1) is 12.8. The van der Waals surface area contributed by atoms with E-state index in [2.05, 4.69) is 15.0 Å². The van der Waals surface area contributed by atoms with Gasteiger partial charge in [0.05, 0.1) is 0 Å². The Morgan fingerprint density at radius 1 is 1.26 bits per heavy atom. The largest absolute Gasteiger partial charge is 0.287 e. The van der Waals surface area contributed by atoms with Crippen LogP contribution in [-0.2, 0) is 0 Å². The molecule has 5 nitrogen and oxygen atoms in total. The number of rotatable bonds is 2. The normalized spacial score (nSPS) is 9.79. The van der Waals surface area contributed by atoms with Crippen molar-refractivity contribution < 1.29 is 4.79 Å². The fourth-order valence-corrected chi connectivity index (χ4v) is 1.93. The number of hydrogen-bond acceptors (Lipinski definition) is 2. The molecule has 1 amide bonds. The van der Waals surface area contributed by atoms with Crippen molar-refractivity contribution in [3.8, 4) is 11.1 Å². The molecular weight excluding hydrogens is 240 g/mol. The molecule has 0 N–H and O–H groups in total. The standard InChI is InChI=1S/C14H12N4O/c1-9-7-12(14(19)17-18-15)3-4-13(9)11-5-6-16-10(2)8-11/h3-8H,1-2H3. The topological polar surface area (TPSA) is 78.7 Å². The summed E-state index contributed by atoms with van der Waals surface area (Å²) in [7, 11) is 0. The smallest absolute Gasteiger partial charge is 0.249 e. The molecule has 2 rings (SSSR count). The summed E-state index contributed by atoms with van der Waals surface area (Å²) in [5, 5.41) is 3.08. The zero-order chi connectivity index (χ0) is 13.8. The Kier molecular flexibility index (Phi) is 3.59. The van der Waals surface area contributed by atoms with Gasteiger partial charge in [-0.25, -0.2) is 0 Å². The van der Waals surface area contributed by atoms with Gasteiger partial charge in [-0.1, -0.05) is 12.1 Å². The number of carbonyl (C=O) groups is 1. The van der Waals surface area contributed by atoms with Crippen molar-refractivity contribution in [2.75, 3.05) is 0 Å². The molecule has 5 heteroatoms. The van der Waals surface area contributed by atoms with E-state index in [0.717, 1.165) is 22.4 Å². The highest BCUT2D eigenvalue weighted by Gasteiger charge is 2.07. The summed E-state index contributed by atoms with van der Waals surface area (Å²) in [4.78, 5) is 18.1. The van der Waals surface area contributed by atoms with E-state index < -0.39 is 5.91 Å². The number of aromatic nitrogens is 1. The van der Waals surface area contributed by atoms with E-state index in [1.807, 2.05) is 32.0 Å². The van der Waals surface area contributed by atoms with Gasteiger partial charge < -0.3 is 0 Å². The average molecular weight is 252 g/mol. The second kappa shape index (κ2) is 5.33. The van der Waals surface area contributed by atoms with Gasteiger partial charge in [0, 0.05) is 22.4 Å². The minimum Gasteiger partial charge on any atom is -0.287 e. The average Bonchev–Trinajstić information content (AvgIpc) is 2.38. The van der Waals surface area contributed by atoms with Crippen molar-refractivity contribution in [3.63, 3.8) is 0 Å². The quantitative estimate of drug-likeness (QED) is 0.462. The van der Waals surface area contributed by atoms with Crippen LogP contribution in [-0.4, -0.2) is 10.9 Å². The minimum absolute atomic E-state index is 0.393. The summed E-state index contributed by atoms with van der Waals surface area (Å²) >= 11 is 0. The lowest BCUT2D eigenvalue weighted by Crippen LogP contribution is -1.95. The van der Waals surface area contributed by atoms with Crippen LogP contribution in [0.25, 0.3) is 21.6 Å². The van der Waals surface area contributed by atoms with Gasteiger partial charge in [-0.2, -0.15) is 0 Å². The third-order valence-electron chi connectivity index (χ3n) is 2.82. The molecule has 0 fully saturated rings. The Morgan fingerprint density at radius 3 is 2.68 bits per heavy atom. The molecule has 2 aromatic rings. The van der Waals surface area contributed by atoms with E-state index in [0.29, 0.717) is 5.56 Å². The van der Waals surface area contributed by atoms with Crippen molar-refractivity contribution in [1.82, 2.24) is 4.98 Å². The number of nitrogens with zero attached hydrogens (tertiary/aromatic N) is 4. The molecule has 0 aliphatic heterocycles. The van der Waals surface area contributed by atoms with E-state index in [1.165, 1.54) is 0 Å². The molecule has 0 aliphatic carbocycles. The van der Waals surface area contributed by atoms with Crippen molar-refractivity contribution in [2.24, 2.45) is 5.11 Å². The molecule has 0 atom stereocenters. The molecule has 0 bridgehead atoms. The van der Waals surface area contributed by atoms with Gasteiger partial charge in [0.2, 0.25) is 5.91 Å². The van der Waals surface area contributed by atoms with Gasteiger partial charge in [-0.05, 0) is 59.4 Å². The van der Waals surface area contributed by atoms with Crippen molar-refractivity contribution >= 4 is 5.91 Å². The number of pyridine rings is 1. The fourth-order valence-electron chi connectivity index (χ4n) is 1.93. The van der Waals surface area contributed by atoms with Gasteiger partial charge in [-0.3, -0.25) is 9.78 Å². The third kappa shape index (κ3) is 2.78. The van der Waals surface area contributed by atoms with E-state index in [4.69, 9.17) is 5.53 Å². The second-order valence-electron chi connectivity index (χ2n) is 4.21. The number of benzene rings is 1. The zero-order valence-corrected chi connectivity index (χ0v) is 10.7. The lowest BCUT2D eigenvalue weighted by atomic mass is 9.98. The molecule has 0 saturated carbocycles. The van der Waals surface area contributed by atoms with Crippen LogP contribution in [0.15, 0.2) is 41.6 Å². The first-order chi connectivity index (χ1) is 9.11. The summed E-state index contributed by atoms with van der Waals surface area (Å²) < 4.78 is 0. The van der Waals surface area contributed by atoms with Crippen LogP contribution in [0.3, 0.4) is 0 Å². The fraction of sp³-hybridized carbons (Fsp3) is 0.143. The van der Waals surface area contributed by atoms with Gasteiger partial charge in [0.1, 0.15) is 0 Å². The monoisotopic (exact) mass is 252 g/mol. The predicted octanol–water partition coefficient (Wildman–Crippen LogP) is 3.82. The molecule has 0 spiro atoms. The van der Waals surface area contributed by atoms with Crippen LogP contribution in [0.4, 0.5) is 0 Å². The number of carbonyl (C=O) groups excluding carboxylic acids is 1. The second-order valence-corrected chi connectivity index (χ2v) is 4.21. The predicted molar refractivity (Wildman–Crippen MR) is 72.6 cm³/mol. The van der Waals surface area contributed by atoms with Crippen molar-refractivity contribution in [2.45, 2.75) is 13.8 Å². The maximum Gasteiger partial charge on any atom is 0.249 e. The summed E-state index contributed by atoms with van der Waals surface area (Å²) in [5.41, 5.74) is 12.6. The Balaban J connectivity index is 2.45.